The van der Waals surface area contributed by atoms with Crippen molar-refractivity contribution in [3.8, 4) is 0 Å². The lowest BCUT2D eigenvalue weighted by atomic mass is 10.0. The number of para-hydroxylation sites is 1. The first-order valence-corrected chi connectivity index (χ1v) is 7.58. The van der Waals surface area contributed by atoms with E-state index < -0.39 is 5.91 Å². The second kappa shape index (κ2) is 6.39. The van der Waals surface area contributed by atoms with Gasteiger partial charge in [0.1, 0.15) is 11.5 Å². The van der Waals surface area contributed by atoms with E-state index in [1.54, 1.807) is 30.3 Å². The Morgan fingerprint density at radius 1 is 1.17 bits per heavy atom. The maximum Gasteiger partial charge on any atom is 0.281 e. The third-order valence-corrected chi connectivity index (χ3v) is 4.04. The van der Waals surface area contributed by atoms with Gasteiger partial charge in [-0.05, 0) is 34.1 Å². The molecule has 0 saturated heterocycles. The van der Waals surface area contributed by atoms with Crippen LogP contribution in [0.25, 0.3) is 0 Å². The molecule has 0 saturated carbocycles. The number of carbonyl (C=O) groups is 1. The summed E-state index contributed by atoms with van der Waals surface area (Å²) in [5.41, 5.74) is 4.18. The van der Waals surface area contributed by atoms with Crippen LogP contribution in [0.15, 0.2) is 56.9 Å². The molecule has 0 bridgehead atoms. The zero-order chi connectivity index (χ0) is 16.4. The Kier molecular flexibility index (Phi) is 4.31. The van der Waals surface area contributed by atoms with Gasteiger partial charge in [0, 0.05) is 15.6 Å². The molecule has 0 atom stereocenters. The van der Waals surface area contributed by atoms with Crippen molar-refractivity contribution in [2.24, 2.45) is 15.8 Å². The minimum Gasteiger partial charge on any atom is -0.289 e. The number of halogens is 2. The van der Waals surface area contributed by atoms with Gasteiger partial charge in [0.15, 0.2) is 0 Å². The van der Waals surface area contributed by atoms with Crippen LogP contribution >= 0.6 is 15.9 Å². The molecule has 0 unspecified atom stereocenters. The molecule has 1 aliphatic heterocycles. The van der Waals surface area contributed by atoms with Crippen molar-refractivity contribution in [1.82, 2.24) is 5.43 Å². The number of nitrogens with zero attached hydrogens (tertiary/aromatic N) is 2. The standard InChI is InChI=1S/C16H12BrFN4O/c17-11-6-3-5-10-14(9-4-1-2-7-12(9)18)20-8-13(16(23)22-19)21-15(10)11/h1-7H,8,19H2,(H,22,23). The maximum atomic E-state index is 14.2. The lowest BCUT2D eigenvalue weighted by Crippen LogP contribution is -2.37. The fourth-order valence-corrected chi connectivity index (χ4v) is 2.77. The average molecular weight is 375 g/mol. The first-order chi connectivity index (χ1) is 11.1. The summed E-state index contributed by atoms with van der Waals surface area (Å²) in [6.07, 6.45) is 0. The van der Waals surface area contributed by atoms with E-state index in [0.717, 1.165) is 0 Å². The molecule has 0 radical (unpaired) electrons. The van der Waals surface area contributed by atoms with Crippen LogP contribution in [-0.4, -0.2) is 23.9 Å². The van der Waals surface area contributed by atoms with Gasteiger partial charge in [-0.1, -0.05) is 24.3 Å². The quantitative estimate of drug-likeness (QED) is 0.481. The Balaban J connectivity index is 2.23. The predicted octanol–water partition coefficient (Wildman–Crippen LogP) is 2.50. The summed E-state index contributed by atoms with van der Waals surface area (Å²) in [5, 5.41) is 0. The van der Waals surface area contributed by atoms with Crippen molar-refractivity contribution in [3.05, 3.63) is 63.9 Å². The fraction of sp³-hybridized carbons (Fsp3) is 0.0625. The molecular formula is C16H12BrFN4O. The monoisotopic (exact) mass is 374 g/mol. The maximum absolute atomic E-state index is 14.2. The van der Waals surface area contributed by atoms with Crippen LogP contribution in [0.4, 0.5) is 10.1 Å². The molecule has 0 fully saturated rings. The van der Waals surface area contributed by atoms with E-state index in [1.807, 2.05) is 6.07 Å². The highest BCUT2D eigenvalue weighted by Gasteiger charge is 2.22. The van der Waals surface area contributed by atoms with Crippen LogP contribution < -0.4 is 11.3 Å². The highest BCUT2D eigenvalue weighted by atomic mass is 79.9. The highest BCUT2D eigenvalue weighted by Crippen LogP contribution is 2.33. The highest BCUT2D eigenvalue weighted by molar-refractivity contribution is 9.10. The fourth-order valence-electron chi connectivity index (χ4n) is 2.32. The zero-order valence-electron chi connectivity index (χ0n) is 11.9. The normalized spacial score (nSPS) is 13.5. The molecular weight excluding hydrogens is 363 g/mol. The van der Waals surface area contributed by atoms with Crippen LogP contribution in [0.5, 0.6) is 0 Å². The van der Waals surface area contributed by atoms with Crippen LogP contribution in [-0.2, 0) is 4.79 Å². The molecule has 7 heteroatoms. The number of nitrogens with two attached hydrogens (primary N) is 1. The van der Waals surface area contributed by atoms with Crippen LogP contribution in [0.3, 0.4) is 0 Å². The Morgan fingerprint density at radius 2 is 1.91 bits per heavy atom. The SMILES string of the molecule is NNC(=O)C1=Nc2c(Br)cccc2C(c2ccccc2F)=NC1. The van der Waals surface area contributed by atoms with Crippen molar-refractivity contribution in [2.75, 3.05) is 6.54 Å². The van der Waals surface area contributed by atoms with Crippen molar-refractivity contribution in [1.29, 1.82) is 0 Å². The first kappa shape index (κ1) is 15.5. The minimum atomic E-state index is -0.523. The number of nitrogens with one attached hydrogen (secondary N) is 1. The van der Waals surface area contributed by atoms with Gasteiger partial charge < -0.3 is 0 Å². The van der Waals surface area contributed by atoms with Gasteiger partial charge in [-0.2, -0.15) is 0 Å². The number of fused-ring (bicyclic) bond motifs is 1. The smallest absolute Gasteiger partial charge is 0.281 e. The lowest BCUT2D eigenvalue weighted by Gasteiger charge is -2.10. The van der Waals surface area contributed by atoms with Crippen molar-refractivity contribution in [2.45, 2.75) is 0 Å². The van der Waals surface area contributed by atoms with Gasteiger partial charge in [-0.25, -0.2) is 15.2 Å². The zero-order valence-corrected chi connectivity index (χ0v) is 13.5. The number of hydrogen-bond acceptors (Lipinski definition) is 4. The number of benzene rings is 2. The van der Waals surface area contributed by atoms with Crippen molar-refractivity contribution < 1.29 is 9.18 Å². The van der Waals surface area contributed by atoms with Gasteiger partial charge in [-0.3, -0.25) is 15.2 Å². The van der Waals surface area contributed by atoms with E-state index in [-0.39, 0.29) is 18.1 Å². The average Bonchev–Trinajstić information content (AvgIpc) is 2.75. The van der Waals surface area contributed by atoms with Gasteiger partial charge in [0.05, 0.1) is 17.9 Å². The molecule has 1 heterocycles. The predicted molar refractivity (Wildman–Crippen MR) is 90.5 cm³/mol. The Morgan fingerprint density at radius 3 is 2.65 bits per heavy atom. The van der Waals surface area contributed by atoms with Crippen LogP contribution in [0.1, 0.15) is 11.1 Å². The summed E-state index contributed by atoms with van der Waals surface area (Å²) in [6, 6.07) is 11.8. The molecule has 0 aromatic heterocycles. The first-order valence-electron chi connectivity index (χ1n) is 6.78. The van der Waals surface area contributed by atoms with Crippen molar-refractivity contribution in [3.63, 3.8) is 0 Å². The topological polar surface area (TPSA) is 79.8 Å². The molecule has 1 amide bonds. The van der Waals surface area contributed by atoms with Gasteiger partial charge >= 0.3 is 0 Å². The Bertz CT molecular complexity index is 848. The molecule has 3 rings (SSSR count). The molecule has 116 valence electrons. The van der Waals surface area contributed by atoms with E-state index >= 15 is 0 Å². The summed E-state index contributed by atoms with van der Waals surface area (Å²) < 4.78 is 14.9. The van der Waals surface area contributed by atoms with Gasteiger partial charge in [-0.15, -0.1) is 0 Å². The van der Waals surface area contributed by atoms with E-state index in [1.165, 1.54) is 6.07 Å². The third kappa shape index (κ3) is 2.93. The van der Waals surface area contributed by atoms with Crippen LogP contribution in [0.2, 0.25) is 0 Å². The van der Waals surface area contributed by atoms with E-state index in [9.17, 15) is 9.18 Å². The van der Waals surface area contributed by atoms with E-state index in [4.69, 9.17) is 5.84 Å². The number of hydrogen-bond donors (Lipinski definition) is 2. The second-order valence-corrected chi connectivity index (χ2v) is 5.67. The second-order valence-electron chi connectivity index (χ2n) is 4.81. The summed E-state index contributed by atoms with van der Waals surface area (Å²) in [5.74, 6) is 4.27. The molecule has 2 aromatic carbocycles. The minimum absolute atomic E-state index is 0.00776. The van der Waals surface area contributed by atoms with Gasteiger partial charge in [0.25, 0.3) is 5.91 Å². The lowest BCUT2D eigenvalue weighted by molar-refractivity contribution is -0.114. The molecule has 1 aliphatic rings. The number of carbonyl (C=O) groups excluding carboxylic acids is 1. The summed E-state index contributed by atoms with van der Waals surface area (Å²) in [4.78, 5) is 20.6. The number of hydrazine groups is 1. The molecule has 5 nitrogen and oxygen atoms in total. The van der Waals surface area contributed by atoms with E-state index in [0.29, 0.717) is 27.0 Å². The molecule has 0 spiro atoms. The molecule has 3 N–H and O–H groups in total. The molecule has 2 aromatic rings. The number of amides is 1. The third-order valence-electron chi connectivity index (χ3n) is 3.40. The van der Waals surface area contributed by atoms with Crippen molar-refractivity contribution >= 4 is 38.9 Å². The number of aliphatic imine (C=N–C) groups is 2. The number of rotatable bonds is 2. The summed E-state index contributed by atoms with van der Waals surface area (Å²) >= 11 is 3.42. The Labute approximate surface area is 140 Å². The van der Waals surface area contributed by atoms with Crippen LogP contribution in [0, 0.1) is 5.82 Å². The molecule has 23 heavy (non-hydrogen) atoms. The Hall–Kier alpha value is -2.38. The molecule has 0 aliphatic carbocycles. The van der Waals surface area contributed by atoms with E-state index in [2.05, 4.69) is 31.3 Å². The largest absolute Gasteiger partial charge is 0.289 e. The summed E-state index contributed by atoms with van der Waals surface area (Å²) in [6.45, 7) is 0.00776. The summed E-state index contributed by atoms with van der Waals surface area (Å²) in [7, 11) is 0. The van der Waals surface area contributed by atoms with Gasteiger partial charge in [0.2, 0.25) is 0 Å².